The molecular formula is C26H29N7O3S. The number of thiazole rings is 1. The Morgan fingerprint density at radius 3 is 2.92 bits per heavy atom. The number of methoxy groups -OCH3 is 1. The number of ether oxygens (including phenoxy) is 1. The Hall–Kier alpha value is -3.67. The van der Waals surface area contributed by atoms with Crippen LogP contribution in [0.25, 0.3) is 22.0 Å². The summed E-state index contributed by atoms with van der Waals surface area (Å²) in [5.74, 6) is 0.254. The minimum atomic E-state index is -1.49. The maximum Gasteiger partial charge on any atom is 0.258 e. The summed E-state index contributed by atoms with van der Waals surface area (Å²) in [6.07, 6.45) is 6.66. The van der Waals surface area contributed by atoms with Crippen LogP contribution in [0, 0.1) is 0 Å². The first-order valence-electron chi connectivity index (χ1n) is 12.1. The van der Waals surface area contributed by atoms with Crippen LogP contribution in [0.2, 0.25) is 0 Å². The van der Waals surface area contributed by atoms with Crippen molar-refractivity contribution in [3.05, 3.63) is 65.7 Å². The predicted octanol–water partition coefficient (Wildman–Crippen LogP) is 2.81. The highest BCUT2D eigenvalue weighted by molar-refractivity contribution is 7.13. The van der Waals surface area contributed by atoms with E-state index in [1.54, 1.807) is 31.3 Å². The van der Waals surface area contributed by atoms with Gasteiger partial charge in [-0.1, -0.05) is 18.2 Å². The largest absolute Gasteiger partial charge is 0.383 e. The second-order valence-electron chi connectivity index (χ2n) is 8.99. The lowest BCUT2D eigenvalue weighted by atomic mass is 9.91. The van der Waals surface area contributed by atoms with Crippen LogP contribution >= 0.6 is 11.3 Å². The average molecular weight is 520 g/mol. The Morgan fingerprint density at radius 2 is 2.11 bits per heavy atom. The molecule has 0 spiro atoms. The van der Waals surface area contributed by atoms with Crippen molar-refractivity contribution in [3.8, 4) is 22.0 Å². The van der Waals surface area contributed by atoms with Crippen molar-refractivity contribution >= 4 is 23.2 Å². The predicted molar refractivity (Wildman–Crippen MR) is 141 cm³/mol. The number of hydrogen-bond donors (Lipinski definition) is 2. The van der Waals surface area contributed by atoms with Crippen molar-refractivity contribution in [1.82, 2.24) is 29.4 Å². The molecule has 37 heavy (non-hydrogen) atoms. The Kier molecular flexibility index (Phi) is 7.26. The van der Waals surface area contributed by atoms with Gasteiger partial charge in [0.15, 0.2) is 5.60 Å². The second kappa shape index (κ2) is 10.8. The van der Waals surface area contributed by atoms with Crippen molar-refractivity contribution in [1.29, 1.82) is 0 Å². The van der Waals surface area contributed by atoms with Gasteiger partial charge in [0.25, 0.3) is 5.91 Å². The third-order valence-corrected chi connectivity index (χ3v) is 7.31. The first-order valence-corrected chi connectivity index (χ1v) is 13.0. The number of carbonyl (C=O) groups excluding carboxylic acids is 1. The van der Waals surface area contributed by atoms with Crippen LogP contribution in [0.5, 0.6) is 0 Å². The zero-order chi connectivity index (χ0) is 25.8. The normalized spacial score (nSPS) is 17.5. The molecule has 0 unspecified atom stereocenters. The molecule has 1 atom stereocenters. The Labute approximate surface area is 219 Å². The van der Waals surface area contributed by atoms with E-state index in [-0.39, 0.29) is 5.91 Å². The molecule has 1 aromatic carbocycles. The number of likely N-dealkylation sites (N-methyl/N-ethyl adjacent to an activating group) is 1. The number of aromatic nitrogens is 5. The van der Waals surface area contributed by atoms with Crippen LogP contribution in [0.15, 0.2) is 54.4 Å². The van der Waals surface area contributed by atoms with Gasteiger partial charge in [-0.2, -0.15) is 0 Å². The van der Waals surface area contributed by atoms with Gasteiger partial charge in [-0.25, -0.2) is 19.9 Å². The molecule has 10 nitrogen and oxygen atoms in total. The lowest BCUT2D eigenvalue weighted by Crippen LogP contribution is -2.36. The minimum absolute atomic E-state index is 0.273. The Morgan fingerprint density at radius 1 is 1.22 bits per heavy atom. The summed E-state index contributed by atoms with van der Waals surface area (Å²) in [5.41, 5.74) is 2.39. The Bertz CT molecular complexity index is 1390. The molecule has 4 aromatic rings. The fourth-order valence-corrected chi connectivity index (χ4v) is 5.11. The SMILES string of the molecule is COCCn1cnc(CCNc2nccc(-c3csc(-c4cccc([C@]5(O)CCN(C)C5=O)c4)n3)n2)c1. The van der Waals surface area contributed by atoms with E-state index in [0.29, 0.717) is 43.3 Å². The van der Waals surface area contributed by atoms with Gasteiger partial charge in [0, 0.05) is 70.0 Å². The lowest BCUT2D eigenvalue weighted by molar-refractivity contribution is -0.143. The highest BCUT2D eigenvalue weighted by Gasteiger charge is 2.45. The minimum Gasteiger partial charge on any atom is -0.383 e. The smallest absolute Gasteiger partial charge is 0.258 e. The second-order valence-corrected chi connectivity index (χ2v) is 9.85. The molecule has 1 amide bonds. The highest BCUT2D eigenvalue weighted by Crippen LogP contribution is 2.36. The molecule has 0 saturated carbocycles. The summed E-state index contributed by atoms with van der Waals surface area (Å²) in [4.78, 5) is 32.2. The number of nitrogens with one attached hydrogen (secondary N) is 1. The number of amides is 1. The molecule has 0 aliphatic carbocycles. The summed E-state index contributed by atoms with van der Waals surface area (Å²) < 4.78 is 7.11. The number of likely N-dealkylation sites (tertiary alicyclic amines) is 1. The van der Waals surface area contributed by atoms with E-state index in [0.717, 1.165) is 34.9 Å². The molecule has 0 bridgehead atoms. The first kappa shape index (κ1) is 25.0. The van der Waals surface area contributed by atoms with E-state index >= 15 is 0 Å². The van der Waals surface area contributed by atoms with E-state index in [1.165, 1.54) is 11.3 Å². The molecule has 192 valence electrons. The molecule has 1 aliphatic heterocycles. The third kappa shape index (κ3) is 5.38. The van der Waals surface area contributed by atoms with Crippen molar-refractivity contribution in [2.45, 2.75) is 25.0 Å². The number of benzene rings is 1. The summed E-state index contributed by atoms with van der Waals surface area (Å²) in [5, 5.41) is 17.0. The van der Waals surface area contributed by atoms with E-state index in [4.69, 9.17) is 9.72 Å². The van der Waals surface area contributed by atoms with Crippen LogP contribution in [0.4, 0.5) is 5.95 Å². The quantitative estimate of drug-likeness (QED) is 0.328. The number of hydrogen-bond acceptors (Lipinski definition) is 9. The standard InChI is InChI=1S/C26H29N7O3S/c1-32-11-8-26(35,24(32)34)19-5-3-4-18(14-19)23-30-22(16-37-23)21-7-10-28-25(31-21)27-9-6-20-15-33(17-29-20)12-13-36-2/h3-5,7,10,14-17,35H,6,8-9,11-13H2,1-2H3,(H,27,28,31)/t26-/m1/s1. The number of anilines is 1. The lowest BCUT2D eigenvalue weighted by Gasteiger charge is -2.21. The van der Waals surface area contributed by atoms with E-state index in [9.17, 15) is 9.90 Å². The summed E-state index contributed by atoms with van der Waals surface area (Å²) in [6, 6.07) is 9.25. The van der Waals surface area contributed by atoms with Crippen molar-refractivity contribution < 1.29 is 14.6 Å². The molecule has 3 aromatic heterocycles. The summed E-state index contributed by atoms with van der Waals surface area (Å²) in [6.45, 7) is 2.61. The van der Waals surface area contributed by atoms with Gasteiger partial charge in [-0.3, -0.25) is 4.79 Å². The first-order chi connectivity index (χ1) is 18.0. The maximum atomic E-state index is 12.5. The topological polar surface area (TPSA) is 118 Å². The number of rotatable bonds is 10. The molecule has 11 heteroatoms. The van der Waals surface area contributed by atoms with Gasteiger partial charge >= 0.3 is 0 Å². The molecule has 1 saturated heterocycles. The van der Waals surface area contributed by atoms with Crippen LogP contribution in [-0.4, -0.2) is 74.3 Å². The number of carbonyl (C=O) groups is 1. The number of nitrogens with zero attached hydrogens (tertiary/aromatic N) is 6. The van der Waals surface area contributed by atoms with E-state index in [1.807, 2.05) is 46.7 Å². The third-order valence-electron chi connectivity index (χ3n) is 6.42. The molecule has 0 radical (unpaired) electrons. The number of aliphatic hydroxyl groups is 1. The van der Waals surface area contributed by atoms with Gasteiger partial charge in [0.05, 0.1) is 24.3 Å². The number of imidazole rings is 1. The van der Waals surface area contributed by atoms with Gasteiger partial charge in [0.1, 0.15) is 10.7 Å². The van der Waals surface area contributed by atoms with E-state index in [2.05, 4.69) is 20.3 Å². The summed E-state index contributed by atoms with van der Waals surface area (Å²) in [7, 11) is 3.39. The van der Waals surface area contributed by atoms with Gasteiger partial charge in [-0.05, 0) is 17.7 Å². The maximum absolute atomic E-state index is 12.5. The molecular weight excluding hydrogens is 490 g/mol. The van der Waals surface area contributed by atoms with Gasteiger partial charge in [-0.15, -0.1) is 11.3 Å². The monoisotopic (exact) mass is 519 g/mol. The van der Waals surface area contributed by atoms with Crippen molar-refractivity contribution in [3.63, 3.8) is 0 Å². The molecule has 1 aliphatic rings. The highest BCUT2D eigenvalue weighted by atomic mass is 32.1. The van der Waals surface area contributed by atoms with Gasteiger partial charge in [0.2, 0.25) is 5.95 Å². The van der Waals surface area contributed by atoms with Crippen LogP contribution in [0.3, 0.4) is 0 Å². The molecule has 4 heterocycles. The fraction of sp³-hybridized carbons (Fsp3) is 0.346. The van der Waals surface area contributed by atoms with Crippen molar-refractivity contribution in [2.24, 2.45) is 0 Å². The fourth-order valence-electron chi connectivity index (χ4n) is 4.30. The zero-order valence-corrected chi connectivity index (χ0v) is 21.6. The van der Waals surface area contributed by atoms with Crippen LogP contribution in [0.1, 0.15) is 17.7 Å². The van der Waals surface area contributed by atoms with E-state index < -0.39 is 5.60 Å². The average Bonchev–Trinajstić information content (AvgIpc) is 3.65. The molecule has 1 fully saturated rings. The molecule has 2 N–H and O–H groups in total. The van der Waals surface area contributed by atoms with Crippen LogP contribution < -0.4 is 5.32 Å². The summed E-state index contributed by atoms with van der Waals surface area (Å²) >= 11 is 1.49. The zero-order valence-electron chi connectivity index (χ0n) is 20.8. The Balaban J connectivity index is 1.25. The van der Waals surface area contributed by atoms with Crippen molar-refractivity contribution in [2.75, 3.05) is 39.2 Å². The van der Waals surface area contributed by atoms with Gasteiger partial charge < -0.3 is 24.6 Å². The molecule has 5 rings (SSSR count). The van der Waals surface area contributed by atoms with Crippen LogP contribution in [-0.2, 0) is 28.1 Å².